The molecule has 4 N–H and O–H groups in total. The van der Waals surface area contributed by atoms with Crippen molar-refractivity contribution in [2.75, 3.05) is 10.7 Å². The van der Waals surface area contributed by atoms with E-state index in [1.165, 1.54) is 30.5 Å². The number of carbonyl (C=O) groups is 1. The van der Waals surface area contributed by atoms with E-state index in [0.717, 1.165) is 0 Å². The van der Waals surface area contributed by atoms with Gasteiger partial charge in [-0.3, -0.25) is 4.79 Å². The molecule has 1 heterocycles. The maximum atomic E-state index is 13.8. The van der Waals surface area contributed by atoms with Crippen molar-refractivity contribution < 1.29 is 13.6 Å². The number of hydrazine groups is 1. The minimum Gasteiger partial charge on any atom is -0.322 e. The summed E-state index contributed by atoms with van der Waals surface area (Å²) >= 11 is 0. The van der Waals surface area contributed by atoms with Gasteiger partial charge in [0.1, 0.15) is 5.82 Å². The number of nitrogens with zero attached hydrogens (tertiary/aromatic N) is 1. The van der Waals surface area contributed by atoms with E-state index in [1.807, 2.05) is 0 Å². The van der Waals surface area contributed by atoms with Gasteiger partial charge < -0.3 is 10.7 Å². The van der Waals surface area contributed by atoms with Gasteiger partial charge in [0, 0.05) is 11.9 Å². The van der Waals surface area contributed by atoms with E-state index in [2.05, 4.69) is 15.7 Å². The zero-order valence-corrected chi connectivity index (χ0v) is 10.6. The van der Waals surface area contributed by atoms with Crippen LogP contribution in [0.5, 0.6) is 0 Å². The average molecular weight is 278 g/mol. The van der Waals surface area contributed by atoms with E-state index in [-0.39, 0.29) is 17.2 Å². The van der Waals surface area contributed by atoms with Crippen LogP contribution in [0, 0.1) is 18.6 Å². The summed E-state index contributed by atoms with van der Waals surface area (Å²) in [5.74, 6) is 2.94. The number of nitrogens with one attached hydrogen (secondary N) is 2. The fraction of sp³-hybridized carbons (Fsp3) is 0.0769. The van der Waals surface area contributed by atoms with Gasteiger partial charge in [-0.05, 0) is 36.8 Å². The number of anilines is 2. The molecule has 0 bridgehead atoms. The quantitative estimate of drug-likeness (QED) is 0.594. The van der Waals surface area contributed by atoms with E-state index < -0.39 is 11.7 Å². The van der Waals surface area contributed by atoms with Gasteiger partial charge in [0.15, 0.2) is 11.6 Å². The van der Waals surface area contributed by atoms with E-state index >= 15 is 0 Å². The molecule has 1 aromatic carbocycles. The lowest BCUT2D eigenvalue weighted by Crippen LogP contribution is -2.17. The van der Waals surface area contributed by atoms with E-state index in [9.17, 15) is 13.6 Å². The number of pyridine rings is 1. The summed E-state index contributed by atoms with van der Waals surface area (Å²) in [6.07, 6.45) is 1.25. The number of aryl methyl sites for hydroxylation is 1. The summed E-state index contributed by atoms with van der Waals surface area (Å²) in [5.41, 5.74) is 2.59. The zero-order valence-electron chi connectivity index (χ0n) is 10.6. The molecule has 0 fully saturated rings. The number of nitrogens with two attached hydrogens (primary N) is 1. The lowest BCUT2D eigenvalue weighted by Gasteiger charge is -2.09. The second kappa shape index (κ2) is 5.62. The van der Waals surface area contributed by atoms with Gasteiger partial charge in [0.2, 0.25) is 0 Å². The first-order valence-corrected chi connectivity index (χ1v) is 5.71. The Labute approximate surface area is 113 Å². The van der Waals surface area contributed by atoms with Gasteiger partial charge in [-0.2, -0.15) is 0 Å². The van der Waals surface area contributed by atoms with Crippen LogP contribution >= 0.6 is 0 Å². The van der Waals surface area contributed by atoms with Crippen LogP contribution in [0.25, 0.3) is 0 Å². The van der Waals surface area contributed by atoms with Crippen LogP contribution in [0.3, 0.4) is 0 Å². The summed E-state index contributed by atoms with van der Waals surface area (Å²) in [6.45, 7) is 1.56. The first kappa shape index (κ1) is 13.9. The van der Waals surface area contributed by atoms with Gasteiger partial charge in [-0.25, -0.2) is 19.6 Å². The van der Waals surface area contributed by atoms with Crippen LogP contribution in [-0.4, -0.2) is 10.9 Å². The number of benzene rings is 1. The maximum Gasteiger partial charge on any atom is 0.258 e. The molecule has 0 atom stereocenters. The van der Waals surface area contributed by atoms with Crippen molar-refractivity contribution in [3.63, 3.8) is 0 Å². The summed E-state index contributed by atoms with van der Waals surface area (Å²) in [4.78, 5) is 15.6. The third kappa shape index (κ3) is 2.72. The Bertz CT molecular complexity index is 661. The monoisotopic (exact) mass is 278 g/mol. The second-order valence-corrected chi connectivity index (χ2v) is 4.08. The normalized spacial score (nSPS) is 10.2. The van der Waals surface area contributed by atoms with Gasteiger partial charge >= 0.3 is 0 Å². The molecule has 20 heavy (non-hydrogen) atoms. The Kier molecular flexibility index (Phi) is 3.90. The van der Waals surface area contributed by atoms with Crippen LogP contribution in [-0.2, 0) is 0 Å². The Hall–Kier alpha value is -2.54. The van der Waals surface area contributed by atoms with Gasteiger partial charge in [0.25, 0.3) is 5.91 Å². The van der Waals surface area contributed by atoms with Gasteiger partial charge in [-0.15, -0.1) is 0 Å². The highest BCUT2D eigenvalue weighted by molar-refractivity contribution is 6.04. The third-order valence-corrected chi connectivity index (χ3v) is 2.69. The zero-order chi connectivity index (χ0) is 14.7. The van der Waals surface area contributed by atoms with Crippen molar-refractivity contribution in [3.8, 4) is 0 Å². The lowest BCUT2D eigenvalue weighted by molar-refractivity contribution is 0.102. The molecular formula is C13H12F2N4O. The fourth-order valence-electron chi connectivity index (χ4n) is 1.64. The second-order valence-electron chi connectivity index (χ2n) is 4.08. The highest BCUT2D eigenvalue weighted by Gasteiger charge is 2.16. The lowest BCUT2D eigenvalue weighted by atomic mass is 10.2. The smallest absolute Gasteiger partial charge is 0.258 e. The molecule has 0 spiro atoms. The van der Waals surface area contributed by atoms with E-state index in [4.69, 9.17) is 5.84 Å². The molecule has 2 rings (SSSR count). The summed E-state index contributed by atoms with van der Waals surface area (Å²) in [6, 6.07) is 5.29. The van der Waals surface area contributed by atoms with E-state index in [1.54, 1.807) is 6.92 Å². The maximum absolute atomic E-state index is 13.8. The fourth-order valence-corrected chi connectivity index (χ4v) is 1.64. The highest BCUT2D eigenvalue weighted by atomic mass is 19.1. The molecule has 2 aromatic rings. The molecule has 1 aromatic heterocycles. The van der Waals surface area contributed by atoms with Crippen molar-refractivity contribution in [1.29, 1.82) is 0 Å². The predicted octanol–water partition coefficient (Wildman–Crippen LogP) is 2.21. The Balaban J connectivity index is 2.26. The van der Waals surface area contributed by atoms with Crippen molar-refractivity contribution in [3.05, 3.63) is 53.2 Å². The van der Waals surface area contributed by atoms with Crippen molar-refractivity contribution >= 4 is 17.4 Å². The number of carbonyl (C=O) groups excluding carboxylic acids is 1. The molecule has 0 aliphatic carbocycles. The Morgan fingerprint density at radius 1 is 1.30 bits per heavy atom. The number of nitrogen functional groups attached to an aromatic ring is 1. The molecule has 0 aliphatic heterocycles. The van der Waals surface area contributed by atoms with Crippen LogP contribution in [0.2, 0.25) is 0 Å². The van der Waals surface area contributed by atoms with Crippen molar-refractivity contribution in [1.82, 2.24) is 4.98 Å². The molecule has 5 nitrogen and oxygen atoms in total. The van der Waals surface area contributed by atoms with Crippen LogP contribution < -0.4 is 16.6 Å². The van der Waals surface area contributed by atoms with Crippen LogP contribution in [0.4, 0.5) is 20.3 Å². The topological polar surface area (TPSA) is 80.0 Å². The molecule has 104 valence electrons. The third-order valence-electron chi connectivity index (χ3n) is 2.69. The molecule has 0 saturated carbocycles. The highest BCUT2D eigenvalue weighted by Crippen LogP contribution is 2.18. The first-order valence-electron chi connectivity index (χ1n) is 5.71. The van der Waals surface area contributed by atoms with Crippen LogP contribution in [0.15, 0.2) is 30.5 Å². The number of rotatable bonds is 3. The largest absolute Gasteiger partial charge is 0.322 e. The molecule has 1 amide bonds. The van der Waals surface area contributed by atoms with Gasteiger partial charge in [0.05, 0.1) is 5.56 Å². The Morgan fingerprint density at radius 2 is 2.05 bits per heavy atom. The number of aromatic nitrogens is 1. The summed E-state index contributed by atoms with van der Waals surface area (Å²) in [7, 11) is 0. The predicted molar refractivity (Wildman–Crippen MR) is 71.1 cm³/mol. The Morgan fingerprint density at radius 3 is 2.70 bits per heavy atom. The van der Waals surface area contributed by atoms with Crippen molar-refractivity contribution in [2.45, 2.75) is 6.92 Å². The number of hydrogen-bond donors (Lipinski definition) is 3. The minimum absolute atomic E-state index is 0.213. The number of halogens is 2. The SMILES string of the molecule is Cc1cc(NC(=O)c2ccnc(NN)c2F)ccc1F. The number of hydrogen-bond acceptors (Lipinski definition) is 4. The van der Waals surface area contributed by atoms with Gasteiger partial charge in [-0.1, -0.05) is 0 Å². The standard InChI is InChI=1S/C13H12F2N4O/c1-7-6-8(2-3-10(7)14)18-13(20)9-4-5-17-12(19-16)11(9)15/h2-6H,16H2,1H3,(H,17,19)(H,18,20). The molecule has 7 heteroatoms. The van der Waals surface area contributed by atoms with Crippen molar-refractivity contribution in [2.24, 2.45) is 5.84 Å². The molecule has 0 radical (unpaired) electrons. The molecule has 0 unspecified atom stereocenters. The first-order chi connectivity index (χ1) is 9.52. The van der Waals surface area contributed by atoms with E-state index in [0.29, 0.717) is 11.3 Å². The minimum atomic E-state index is -0.855. The average Bonchev–Trinajstić information content (AvgIpc) is 2.43. The summed E-state index contributed by atoms with van der Waals surface area (Å²) < 4.78 is 27.0. The molecule has 0 aliphatic rings. The number of amides is 1. The molecule has 0 saturated heterocycles. The summed E-state index contributed by atoms with van der Waals surface area (Å²) in [5, 5.41) is 2.48. The van der Waals surface area contributed by atoms with Crippen LogP contribution in [0.1, 0.15) is 15.9 Å². The molecular weight excluding hydrogens is 266 g/mol.